The molecule has 122 valence electrons. The van der Waals surface area contributed by atoms with Gasteiger partial charge in [0.25, 0.3) is 10.0 Å². The molecule has 1 aromatic heterocycles. The number of fused-ring (bicyclic) bond motifs is 1. The van der Waals surface area contributed by atoms with Crippen molar-refractivity contribution in [3.63, 3.8) is 0 Å². The van der Waals surface area contributed by atoms with Crippen LogP contribution in [0.3, 0.4) is 0 Å². The molecule has 0 saturated heterocycles. The third-order valence-corrected chi connectivity index (χ3v) is 5.23. The van der Waals surface area contributed by atoms with Gasteiger partial charge in [0.2, 0.25) is 5.91 Å². The first-order chi connectivity index (χ1) is 10.8. The predicted molar refractivity (Wildman–Crippen MR) is 84.8 cm³/mol. The number of aromatic nitrogens is 1. The Hall–Kier alpha value is -2.35. The van der Waals surface area contributed by atoms with E-state index >= 15 is 0 Å². The molecule has 1 aliphatic rings. The molecule has 0 bridgehead atoms. The van der Waals surface area contributed by atoms with Crippen molar-refractivity contribution in [2.24, 2.45) is 0 Å². The van der Waals surface area contributed by atoms with Gasteiger partial charge in [-0.3, -0.25) is 9.52 Å². The number of amides is 1. The average molecular weight is 335 g/mol. The second-order valence-corrected chi connectivity index (χ2v) is 7.37. The van der Waals surface area contributed by atoms with E-state index in [0.717, 1.165) is 11.3 Å². The first-order valence-electron chi connectivity index (χ1n) is 7.16. The first-order valence-corrected chi connectivity index (χ1v) is 8.64. The van der Waals surface area contributed by atoms with Gasteiger partial charge in [0, 0.05) is 24.2 Å². The number of aryl methyl sites for hydroxylation is 1. The van der Waals surface area contributed by atoms with E-state index in [1.165, 1.54) is 19.3 Å². The molecule has 0 aliphatic carbocycles. The minimum Gasteiger partial charge on any atom is -0.362 e. The lowest BCUT2D eigenvalue weighted by Gasteiger charge is -2.20. The van der Waals surface area contributed by atoms with Crippen molar-refractivity contribution in [1.29, 1.82) is 0 Å². The van der Waals surface area contributed by atoms with Crippen LogP contribution in [0.5, 0.6) is 0 Å². The quantitative estimate of drug-likeness (QED) is 0.927. The van der Waals surface area contributed by atoms with Crippen LogP contribution in [0.4, 0.5) is 11.5 Å². The van der Waals surface area contributed by atoms with Gasteiger partial charge in [0.15, 0.2) is 5.82 Å². The Bertz CT molecular complexity index is 873. The number of hydrogen-bond donors (Lipinski definition) is 1. The Morgan fingerprint density at radius 1 is 1.43 bits per heavy atom. The molecule has 0 radical (unpaired) electrons. The van der Waals surface area contributed by atoms with Crippen molar-refractivity contribution >= 4 is 27.4 Å². The molecular formula is C15H17N3O4S. The van der Waals surface area contributed by atoms with E-state index in [9.17, 15) is 13.2 Å². The van der Waals surface area contributed by atoms with E-state index in [1.54, 1.807) is 24.0 Å². The van der Waals surface area contributed by atoms with Crippen LogP contribution < -0.4 is 9.62 Å². The SMILES string of the molecule is CC(=O)N1c2ccc(S(=O)(=O)Nc3nocc3C)cc2C[C@H]1C. The van der Waals surface area contributed by atoms with Crippen LogP contribution in [0.25, 0.3) is 0 Å². The summed E-state index contributed by atoms with van der Waals surface area (Å²) in [5.74, 6) is 0.118. The molecule has 8 heteroatoms. The molecule has 1 aliphatic heterocycles. The van der Waals surface area contributed by atoms with Crippen LogP contribution in [0.2, 0.25) is 0 Å². The Balaban J connectivity index is 1.95. The zero-order valence-corrected chi connectivity index (χ0v) is 13.8. The van der Waals surface area contributed by atoms with Gasteiger partial charge in [-0.15, -0.1) is 0 Å². The maximum Gasteiger partial charge on any atom is 0.263 e. The van der Waals surface area contributed by atoms with E-state index in [4.69, 9.17) is 4.52 Å². The highest BCUT2D eigenvalue weighted by atomic mass is 32.2. The van der Waals surface area contributed by atoms with Gasteiger partial charge < -0.3 is 9.42 Å². The Morgan fingerprint density at radius 2 is 2.17 bits per heavy atom. The number of hydrogen-bond acceptors (Lipinski definition) is 5. The minimum atomic E-state index is -3.76. The molecule has 0 fully saturated rings. The van der Waals surface area contributed by atoms with Crippen molar-refractivity contribution in [3.8, 4) is 0 Å². The monoisotopic (exact) mass is 335 g/mol. The molecule has 0 unspecified atom stereocenters. The molecule has 1 amide bonds. The largest absolute Gasteiger partial charge is 0.362 e. The topological polar surface area (TPSA) is 92.5 Å². The maximum atomic E-state index is 12.5. The Morgan fingerprint density at radius 3 is 2.78 bits per heavy atom. The highest BCUT2D eigenvalue weighted by Crippen LogP contribution is 2.34. The number of nitrogens with one attached hydrogen (secondary N) is 1. The second kappa shape index (κ2) is 5.38. The third kappa shape index (κ3) is 2.70. The molecular weight excluding hydrogens is 318 g/mol. The van der Waals surface area contributed by atoms with E-state index in [-0.39, 0.29) is 22.7 Å². The van der Waals surface area contributed by atoms with Crippen LogP contribution in [0.15, 0.2) is 33.9 Å². The lowest BCUT2D eigenvalue weighted by molar-refractivity contribution is -0.116. The van der Waals surface area contributed by atoms with Crippen LogP contribution in [0, 0.1) is 6.92 Å². The van der Waals surface area contributed by atoms with Crippen molar-refractivity contribution in [3.05, 3.63) is 35.6 Å². The van der Waals surface area contributed by atoms with Crippen molar-refractivity contribution in [2.45, 2.75) is 38.1 Å². The number of anilines is 2. The number of nitrogens with zero attached hydrogens (tertiary/aromatic N) is 2. The fourth-order valence-corrected chi connectivity index (χ4v) is 3.94. The zero-order valence-electron chi connectivity index (χ0n) is 13.0. The van der Waals surface area contributed by atoms with Crippen LogP contribution >= 0.6 is 0 Å². The molecule has 2 heterocycles. The summed E-state index contributed by atoms with van der Waals surface area (Å²) in [5.41, 5.74) is 2.21. The lowest BCUT2D eigenvalue weighted by Crippen LogP contribution is -2.33. The molecule has 2 aromatic rings. The van der Waals surface area contributed by atoms with Crippen LogP contribution in [-0.2, 0) is 21.2 Å². The Labute approximate surface area is 134 Å². The lowest BCUT2D eigenvalue weighted by atomic mass is 10.1. The van der Waals surface area contributed by atoms with Gasteiger partial charge >= 0.3 is 0 Å². The van der Waals surface area contributed by atoms with Gasteiger partial charge in [0.1, 0.15) is 6.26 Å². The summed E-state index contributed by atoms with van der Waals surface area (Å²) < 4.78 is 32.1. The summed E-state index contributed by atoms with van der Waals surface area (Å²) >= 11 is 0. The van der Waals surface area contributed by atoms with E-state index < -0.39 is 10.0 Å². The van der Waals surface area contributed by atoms with E-state index in [0.29, 0.717) is 12.0 Å². The number of carbonyl (C=O) groups is 1. The molecule has 0 spiro atoms. The van der Waals surface area contributed by atoms with Gasteiger partial charge in [-0.1, -0.05) is 5.16 Å². The molecule has 23 heavy (non-hydrogen) atoms. The smallest absolute Gasteiger partial charge is 0.263 e. The van der Waals surface area contributed by atoms with Crippen LogP contribution in [0.1, 0.15) is 25.0 Å². The van der Waals surface area contributed by atoms with Gasteiger partial charge in [-0.05, 0) is 44.0 Å². The number of carbonyl (C=O) groups excluding carboxylic acids is 1. The highest BCUT2D eigenvalue weighted by molar-refractivity contribution is 7.92. The summed E-state index contributed by atoms with van der Waals surface area (Å²) in [4.78, 5) is 13.5. The number of rotatable bonds is 3. The number of sulfonamides is 1. The summed E-state index contributed by atoms with van der Waals surface area (Å²) in [6.07, 6.45) is 1.99. The molecule has 0 saturated carbocycles. The predicted octanol–water partition coefficient (Wildman–Crippen LogP) is 2.08. The standard InChI is InChI=1S/C15H17N3O4S/c1-9-8-22-16-15(9)17-23(20,21)13-4-5-14-12(7-13)6-10(2)18(14)11(3)19/h4-5,7-8,10H,6H2,1-3H3,(H,16,17)/t10-/m1/s1. The molecule has 1 atom stereocenters. The minimum absolute atomic E-state index is 0.0196. The fraction of sp³-hybridized carbons (Fsp3) is 0.333. The van der Waals surface area contributed by atoms with Crippen LogP contribution in [-0.4, -0.2) is 25.5 Å². The van der Waals surface area contributed by atoms with E-state index in [1.807, 2.05) is 6.92 Å². The second-order valence-electron chi connectivity index (χ2n) is 5.68. The molecule has 7 nitrogen and oxygen atoms in total. The maximum absolute atomic E-state index is 12.5. The Kier molecular flexibility index (Phi) is 3.63. The molecule has 3 rings (SSSR count). The van der Waals surface area contributed by atoms with Gasteiger partial charge in [-0.25, -0.2) is 8.42 Å². The third-order valence-electron chi connectivity index (χ3n) is 3.89. The normalized spacial score (nSPS) is 17.2. The van der Waals surface area contributed by atoms with Gasteiger partial charge in [0.05, 0.1) is 4.90 Å². The van der Waals surface area contributed by atoms with E-state index in [2.05, 4.69) is 9.88 Å². The molecule has 1 aromatic carbocycles. The van der Waals surface area contributed by atoms with Gasteiger partial charge in [-0.2, -0.15) is 0 Å². The van der Waals surface area contributed by atoms with Crippen molar-refractivity contribution < 1.29 is 17.7 Å². The summed E-state index contributed by atoms with van der Waals surface area (Å²) in [6, 6.07) is 4.79. The van der Waals surface area contributed by atoms with Crippen molar-refractivity contribution in [2.75, 3.05) is 9.62 Å². The summed E-state index contributed by atoms with van der Waals surface area (Å²) in [6.45, 7) is 5.14. The summed E-state index contributed by atoms with van der Waals surface area (Å²) in [5, 5.41) is 3.63. The highest BCUT2D eigenvalue weighted by Gasteiger charge is 2.30. The zero-order chi connectivity index (χ0) is 16.8. The fourth-order valence-electron chi connectivity index (χ4n) is 2.83. The molecule has 1 N–H and O–H groups in total. The average Bonchev–Trinajstić information content (AvgIpc) is 3.00. The first kappa shape index (κ1) is 15.5. The number of benzene rings is 1. The van der Waals surface area contributed by atoms with Crippen molar-refractivity contribution in [1.82, 2.24) is 5.16 Å². The summed E-state index contributed by atoms with van der Waals surface area (Å²) in [7, 11) is -3.76.